The highest BCUT2D eigenvalue weighted by atomic mass is 19.4. The third-order valence-corrected chi connectivity index (χ3v) is 3.90. The van der Waals surface area contributed by atoms with Crippen molar-refractivity contribution in [3.63, 3.8) is 0 Å². The Morgan fingerprint density at radius 3 is 2.35 bits per heavy atom. The molecule has 2 nitrogen and oxygen atoms in total. The smallest absolute Gasteiger partial charge is 0.416 e. The summed E-state index contributed by atoms with van der Waals surface area (Å²) in [6.07, 6.45) is -3.82. The zero-order chi connectivity index (χ0) is 18.6. The van der Waals surface area contributed by atoms with Gasteiger partial charge in [-0.2, -0.15) is 13.2 Å². The molecule has 0 aliphatic heterocycles. The summed E-state index contributed by atoms with van der Waals surface area (Å²) in [5.74, 6) is 0.479. The molecule has 3 aromatic carbocycles. The lowest BCUT2D eigenvalue weighted by molar-refractivity contribution is -0.137. The first kappa shape index (κ1) is 17.7. The van der Waals surface area contributed by atoms with Gasteiger partial charge in [0.05, 0.1) is 5.56 Å². The lowest BCUT2D eigenvalue weighted by Gasteiger charge is -2.12. The van der Waals surface area contributed by atoms with Crippen molar-refractivity contribution in [3.8, 4) is 16.9 Å². The third-order valence-electron chi connectivity index (χ3n) is 3.90. The molecule has 0 atom stereocenters. The van der Waals surface area contributed by atoms with Crippen molar-refractivity contribution in [1.82, 2.24) is 0 Å². The summed E-state index contributed by atoms with van der Waals surface area (Å²) in [5.41, 5.74) is 1.22. The largest absolute Gasteiger partial charge is 0.489 e. The van der Waals surface area contributed by atoms with Crippen molar-refractivity contribution in [1.29, 1.82) is 0 Å². The Hall–Kier alpha value is -3.08. The van der Waals surface area contributed by atoms with Crippen LogP contribution in [-0.4, -0.2) is 6.29 Å². The number of halogens is 3. The monoisotopic (exact) mass is 356 g/mol. The first-order chi connectivity index (χ1) is 12.5. The molecule has 0 radical (unpaired) electrons. The number of carbonyl (C=O) groups excluding carboxylic acids is 1. The second-order valence-corrected chi connectivity index (χ2v) is 5.72. The summed E-state index contributed by atoms with van der Waals surface area (Å²) in [6, 6.07) is 19.2. The highest BCUT2D eigenvalue weighted by Crippen LogP contribution is 2.34. The van der Waals surface area contributed by atoms with Gasteiger partial charge in [0.25, 0.3) is 0 Å². The Kier molecular flexibility index (Phi) is 5.07. The number of aldehydes is 1. The third kappa shape index (κ3) is 4.11. The Balaban J connectivity index is 1.92. The van der Waals surface area contributed by atoms with Crippen molar-refractivity contribution < 1.29 is 22.7 Å². The van der Waals surface area contributed by atoms with Crippen molar-refractivity contribution in [2.45, 2.75) is 12.8 Å². The van der Waals surface area contributed by atoms with Crippen LogP contribution in [0.25, 0.3) is 11.1 Å². The normalized spacial score (nSPS) is 11.2. The van der Waals surface area contributed by atoms with Crippen LogP contribution < -0.4 is 4.74 Å². The Morgan fingerprint density at radius 1 is 0.885 bits per heavy atom. The molecule has 0 heterocycles. The highest BCUT2D eigenvalue weighted by molar-refractivity contribution is 5.88. The molecule has 0 spiro atoms. The number of hydrogen-bond acceptors (Lipinski definition) is 2. The maximum absolute atomic E-state index is 13.0. The minimum absolute atomic E-state index is 0.302. The van der Waals surface area contributed by atoms with Crippen LogP contribution in [0.2, 0.25) is 0 Å². The SMILES string of the molecule is O=Cc1ccc(OCc2ccccc2)cc1-c1cccc(C(F)(F)F)c1. The van der Waals surface area contributed by atoms with Gasteiger partial charge in [-0.05, 0) is 47.0 Å². The van der Waals surface area contributed by atoms with Gasteiger partial charge in [0.1, 0.15) is 12.4 Å². The second kappa shape index (κ2) is 7.44. The van der Waals surface area contributed by atoms with Crippen LogP contribution in [0.1, 0.15) is 21.5 Å². The molecule has 26 heavy (non-hydrogen) atoms. The van der Waals surface area contributed by atoms with Gasteiger partial charge in [-0.3, -0.25) is 4.79 Å². The maximum Gasteiger partial charge on any atom is 0.416 e. The summed E-state index contributed by atoms with van der Waals surface area (Å²) < 4.78 is 44.6. The van der Waals surface area contributed by atoms with Gasteiger partial charge in [0.2, 0.25) is 0 Å². The molecule has 5 heteroatoms. The molecule has 0 aliphatic carbocycles. The average Bonchev–Trinajstić information content (AvgIpc) is 2.66. The van der Waals surface area contributed by atoms with Crippen molar-refractivity contribution in [3.05, 3.63) is 89.5 Å². The molecule has 0 amide bonds. The number of alkyl halides is 3. The Morgan fingerprint density at radius 2 is 1.65 bits per heavy atom. The molecule has 0 fully saturated rings. The van der Waals surface area contributed by atoms with Gasteiger partial charge in [-0.1, -0.05) is 42.5 Å². The molecule has 3 rings (SSSR count). The fraction of sp³-hybridized carbons (Fsp3) is 0.0952. The van der Waals surface area contributed by atoms with Crippen LogP contribution in [0.5, 0.6) is 5.75 Å². The molecular formula is C21H15F3O2. The quantitative estimate of drug-likeness (QED) is 0.543. The molecule has 0 saturated heterocycles. The van der Waals surface area contributed by atoms with E-state index in [2.05, 4.69) is 0 Å². The Labute approximate surface area is 148 Å². The number of rotatable bonds is 5. The van der Waals surface area contributed by atoms with E-state index in [9.17, 15) is 18.0 Å². The van der Waals surface area contributed by atoms with Crippen LogP contribution in [0.4, 0.5) is 13.2 Å². The molecule has 0 saturated carbocycles. The fourth-order valence-electron chi connectivity index (χ4n) is 2.58. The van der Waals surface area contributed by atoms with Gasteiger partial charge in [-0.25, -0.2) is 0 Å². The van der Waals surface area contributed by atoms with E-state index in [-0.39, 0.29) is 0 Å². The fourth-order valence-corrected chi connectivity index (χ4v) is 2.58. The van der Waals surface area contributed by atoms with E-state index in [0.717, 1.165) is 17.7 Å². The van der Waals surface area contributed by atoms with E-state index in [1.54, 1.807) is 24.3 Å². The summed E-state index contributed by atoms with van der Waals surface area (Å²) >= 11 is 0. The first-order valence-corrected chi connectivity index (χ1v) is 7.91. The number of benzene rings is 3. The van der Waals surface area contributed by atoms with Gasteiger partial charge in [-0.15, -0.1) is 0 Å². The molecule has 3 aromatic rings. The van der Waals surface area contributed by atoms with Crippen molar-refractivity contribution >= 4 is 6.29 Å². The van der Waals surface area contributed by atoms with Gasteiger partial charge < -0.3 is 4.74 Å². The van der Waals surface area contributed by atoms with E-state index in [0.29, 0.717) is 35.3 Å². The van der Waals surface area contributed by atoms with Crippen LogP contribution in [0.15, 0.2) is 72.8 Å². The predicted molar refractivity (Wildman–Crippen MR) is 93.0 cm³/mol. The lowest BCUT2D eigenvalue weighted by Crippen LogP contribution is -2.04. The minimum atomic E-state index is -4.45. The highest BCUT2D eigenvalue weighted by Gasteiger charge is 2.30. The summed E-state index contributed by atoms with van der Waals surface area (Å²) in [4.78, 5) is 11.3. The van der Waals surface area contributed by atoms with Crippen LogP contribution in [0.3, 0.4) is 0 Å². The molecule has 0 aliphatic rings. The van der Waals surface area contributed by atoms with Gasteiger partial charge in [0, 0.05) is 5.56 Å². The summed E-state index contributed by atoms with van der Waals surface area (Å²) in [7, 11) is 0. The van der Waals surface area contributed by atoms with Gasteiger partial charge in [0.15, 0.2) is 6.29 Å². The van der Waals surface area contributed by atoms with E-state index < -0.39 is 11.7 Å². The lowest BCUT2D eigenvalue weighted by atomic mass is 9.98. The van der Waals surface area contributed by atoms with E-state index in [1.807, 2.05) is 30.3 Å². The van der Waals surface area contributed by atoms with Crippen molar-refractivity contribution in [2.24, 2.45) is 0 Å². The van der Waals surface area contributed by atoms with Crippen LogP contribution in [-0.2, 0) is 12.8 Å². The topological polar surface area (TPSA) is 26.3 Å². The number of ether oxygens (including phenoxy) is 1. The molecule has 132 valence electrons. The maximum atomic E-state index is 13.0. The molecule has 0 N–H and O–H groups in total. The standard InChI is InChI=1S/C21H15F3O2/c22-21(23,24)18-8-4-7-16(11-18)20-12-19(10-9-17(20)13-25)26-14-15-5-2-1-3-6-15/h1-13H,14H2. The zero-order valence-electron chi connectivity index (χ0n) is 13.7. The zero-order valence-corrected chi connectivity index (χ0v) is 13.7. The average molecular weight is 356 g/mol. The van der Waals surface area contributed by atoms with E-state index >= 15 is 0 Å². The molecular weight excluding hydrogens is 341 g/mol. The summed E-state index contributed by atoms with van der Waals surface area (Å²) in [5, 5.41) is 0. The first-order valence-electron chi connectivity index (χ1n) is 7.91. The van der Waals surface area contributed by atoms with Gasteiger partial charge >= 0.3 is 6.18 Å². The number of carbonyl (C=O) groups is 1. The van der Waals surface area contributed by atoms with Crippen LogP contribution >= 0.6 is 0 Å². The number of hydrogen-bond donors (Lipinski definition) is 0. The Bertz CT molecular complexity index is 903. The van der Waals surface area contributed by atoms with E-state index in [4.69, 9.17) is 4.74 Å². The minimum Gasteiger partial charge on any atom is -0.489 e. The molecule has 0 bridgehead atoms. The predicted octanol–water partition coefficient (Wildman–Crippen LogP) is 5.76. The van der Waals surface area contributed by atoms with Crippen molar-refractivity contribution in [2.75, 3.05) is 0 Å². The second-order valence-electron chi connectivity index (χ2n) is 5.72. The molecule has 0 unspecified atom stereocenters. The van der Waals surface area contributed by atoms with E-state index in [1.165, 1.54) is 6.07 Å². The summed E-state index contributed by atoms with van der Waals surface area (Å²) in [6.45, 7) is 0.323. The molecule has 0 aromatic heterocycles. The van der Waals surface area contributed by atoms with Crippen LogP contribution in [0, 0.1) is 0 Å².